The van der Waals surface area contributed by atoms with E-state index in [1.165, 1.54) is 6.07 Å². The van der Waals surface area contributed by atoms with E-state index in [-0.39, 0.29) is 22.9 Å². The molecule has 3 aromatic carbocycles. The summed E-state index contributed by atoms with van der Waals surface area (Å²) in [5.41, 5.74) is 1.74. The van der Waals surface area contributed by atoms with Crippen LogP contribution in [0.3, 0.4) is 0 Å². The maximum atomic E-state index is 14.3. The molecule has 170 valence electrons. The molecule has 3 aromatic rings. The smallest absolute Gasteiger partial charge is 0.165 e. The molecule has 1 unspecified atom stereocenters. The van der Waals surface area contributed by atoms with Gasteiger partial charge in [0.2, 0.25) is 0 Å². The Labute approximate surface area is 197 Å². The van der Waals surface area contributed by atoms with Crippen LogP contribution in [0.25, 0.3) is 0 Å². The van der Waals surface area contributed by atoms with Crippen LogP contribution in [-0.4, -0.2) is 6.61 Å². The van der Waals surface area contributed by atoms with Crippen molar-refractivity contribution in [3.63, 3.8) is 0 Å². The van der Waals surface area contributed by atoms with Crippen molar-refractivity contribution in [3.05, 3.63) is 102 Å². The first-order valence-electron chi connectivity index (χ1n) is 11.3. The molecular formula is C30H31FO2. The summed E-state index contributed by atoms with van der Waals surface area (Å²) in [6.07, 6.45) is 10.3. The molecule has 0 heterocycles. The number of para-hydroxylation sites is 1. The molecule has 0 aliphatic carbocycles. The van der Waals surface area contributed by atoms with Gasteiger partial charge in [0.1, 0.15) is 18.1 Å². The van der Waals surface area contributed by atoms with Gasteiger partial charge in [-0.3, -0.25) is 0 Å². The maximum Gasteiger partial charge on any atom is 0.165 e. The molecule has 33 heavy (non-hydrogen) atoms. The second kappa shape index (κ2) is 11.4. The Bertz CT molecular complexity index is 1080. The number of terminal acetylenes is 1. The molecule has 0 amide bonds. The highest BCUT2D eigenvalue weighted by Gasteiger charge is 2.33. The van der Waals surface area contributed by atoms with E-state index >= 15 is 0 Å². The van der Waals surface area contributed by atoms with Crippen molar-refractivity contribution in [2.45, 2.75) is 38.5 Å². The highest BCUT2D eigenvalue weighted by Crippen LogP contribution is 2.38. The zero-order valence-electron chi connectivity index (χ0n) is 19.4. The molecule has 0 spiro atoms. The van der Waals surface area contributed by atoms with Crippen LogP contribution in [0.1, 0.15) is 37.8 Å². The average Bonchev–Trinajstić information content (AvgIpc) is 2.83. The molecule has 3 rings (SSSR count). The van der Waals surface area contributed by atoms with E-state index in [1.54, 1.807) is 12.1 Å². The Morgan fingerprint density at radius 3 is 2.39 bits per heavy atom. The van der Waals surface area contributed by atoms with E-state index < -0.39 is 0 Å². The van der Waals surface area contributed by atoms with Crippen LogP contribution >= 0.6 is 0 Å². The largest absolute Gasteiger partial charge is 0.490 e. The van der Waals surface area contributed by atoms with Gasteiger partial charge in [0.05, 0.1) is 5.41 Å². The number of benzene rings is 3. The molecule has 0 fully saturated rings. The number of hydrogen-bond donors (Lipinski definition) is 0. The van der Waals surface area contributed by atoms with Crippen LogP contribution in [0.5, 0.6) is 17.2 Å². The Kier molecular flexibility index (Phi) is 8.33. The summed E-state index contributed by atoms with van der Waals surface area (Å²) in [5.74, 6) is 4.62. The third-order valence-corrected chi connectivity index (χ3v) is 5.98. The Morgan fingerprint density at radius 2 is 1.76 bits per heavy atom. The number of rotatable bonds is 11. The SMILES string of the molecule is C#CC(CCCc1ccc(F)c(Oc2ccccc2)c1)(c1ccc(OCC=C)cc1)C(C)C. The summed E-state index contributed by atoms with van der Waals surface area (Å²) in [6.45, 7) is 8.47. The minimum Gasteiger partial charge on any atom is -0.490 e. The Morgan fingerprint density at radius 1 is 1.03 bits per heavy atom. The van der Waals surface area contributed by atoms with Crippen LogP contribution in [0, 0.1) is 24.1 Å². The molecule has 0 bridgehead atoms. The lowest BCUT2D eigenvalue weighted by Gasteiger charge is -2.33. The average molecular weight is 443 g/mol. The lowest BCUT2D eigenvalue weighted by molar-refractivity contribution is 0.355. The Hall–Kier alpha value is -3.51. The fraction of sp³-hybridized carbons (Fsp3) is 0.267. The van der Waals surface area contributed by atoms with Crippen LogP contribution in [-0.2, 0) is 11.8 Å². The molecule has 0 saturated carbocycles. The summed E-state index contributed by atoms with van der Waals surface area (Å²) in [6, 6.07) is 22.3. The zero-order valence-corrected chi connectivity index (χ0v) is 19.4. The molecule has 0 aromatic heterocycles. The number of aryl methyl sites for hydroxylation is 1. The zero-order chi connectivity index (χ0) is 23.7. The van der Waals surface area contributed by atoms with Crippen molar-refractivity contribution in [3.8, 4) is 29.6 Å². The molecule has 0 N–H and O–H groups in total. The van der Waals surface area contributed by atoms with Crippen molar-refractivity contribution in [2.24, 2.45) is 5.92 Å². The molecular weight excluding hydrogens is 411 g/mol. The molecule has 0 aliphatic rings. The predicted molar refractivity (Wildman–Crippen MR) is 133 cm³/mol. The van der Waals surface area contributed by atoms with Gasteiger partial charge in [-0.1, -0.05) is 68.8 Å². The van der Waals surface area contributed by atoms with Gasteiger partial charge in [0.25, 0.3) is 0 Å². The highest BCUT2D eigenvalue weighted by atomic mass is 19.1. The van der Waals surface area contributed by atoms with E-state index in [1.807, 2.05) is 48.5 Å². The van der Waals surface area contributed by atoms with Crippen molar-refractivity contribution in [1.29, 1.82) is 0 Å². The maximum absolute atomic E-state index is 14.3. The molecule has 0 radical (unpaired) electrons. The monoisotopic (exact) mass is 442 g/mol. The second-order valence-electron chi connectivity index (χ2n) is 8.43. The van der Waals surface area contributed by atoms with Gasteiger partial charge in [-0.2, -0.15) is 0 Å². The van der Waals surface area contributed by atoms with Crippen LogP contribution in [0.15, 0.2) is 85.5 Å². The second-order valence-corrected chi connectivity index (χ2v) is 8.43. The van der Waals surface area contributed by atoms with Crippen LogP contribution in [0.4, 0.5) is 4.39 Å². The van der Waals surface area contributed by atoms with Gasteiger partial charge in [-0.25, -0.2) is 4.39 Å². The molecule has 0 saturated heterocycles. The standard InChI is InChI=1S/C30H31FO2/c1-5-21-32-26-17-15-25(16-18-26)30(6-2,23(3)4)20-10-11-24-14-19-28(31)29(22-24)33-27-12-8-7-9-13-27/h2,5,7-9,12-19,22-23H,1,10-11,20-21H2,3-4H3. The van der Waals surface area contributed by atoms with Crippen LogP contribution < -0.4 is 9.47 Å². The van der Waals surface area contributed by atoms with Gasteiger partial charge in [-0.05, 0) is 72.7 Å². The topological polar surface area (TPSA) is 18.5 Å². The van der Waals surface area contributed by atoms with Gasteiger partial charge < -0.3 is 9.47 Å². The first-order chi connectivity index (χ1) is 16.0. The Balaban J connectivity index is 1.71. The quantitative estimate of drug-likeness (QED) is 0.223. The minimum atomic E-state index is -0.389. The fourth-order valence-electron chi connectivity index (χ4n) is 4.06. The number of halogens is 1. The lowest BCUT2D eigenvalue weighted by Crippen LogP contribution is -2.30. The van der Waals surface area contributed by atoms with Gasteiger partial charge in [0.15, 0.2) is 11.6 Å². The summed E-state index contributed by atoms with van der Waals surface area (Å²) >= 11 is 0. The minimum absolute atomic E-state index is 0.237. The summed E-state index contributed by atoms with van der Waals surface area (Å²) in [4.78, 5) is 0. The third kappa shape index (κ3) is 6.05. The molecule has 1 atom stereocenters. The van der Waals surface area contributed by atoms with Crippen molar-refractivity contribution in [1.82, 2.24) is 0 Å². The van der Waals surface area contributed by atoms with Gasteiger partial charge in [-0.15, -0.1) is 6.42 Å². The summed E-state index contributed by atoms with van der Waals surface area (Å²) < 4.78 is 25.6. The van der Waals surface area contributed by atoms with E-state index in [0.29, 0.717) is 12.4 Å². The lowest BCUT2D eigenvalue weighted by atomic mass is 9.69. The van der Waals surface area contributed by atoms with Crippen LogP contribution in [0.2, 0.25) is 0 Å². The van der Waals surface area contributed by atoms with E-state index in [4.69, 9.17) is 15.9 Å². The first kappa shape index (κ1) is 24.1. The number of ether oxygens (including phenoxy) is 2. The van der Waals surface area contributed by atoms with Gasteiger partial charge >= 0.3 is 0 Å². The summed E-state index contributed by atoms with van der Waals surface area (Å²) in [7, 11) is 0. The van der Waals surface area contributed by atoms with Crippen molar-refractivity contribution >= 4 is 0 Å². The van der Waals surface area contributed by atoms with Crippen molar-refractivity contribution < 1.29 is 13.9 Å². The van der Waals surface area contributed by atoms with E-state index in [9.17, 15) is 4.39 Å². The molecule has 0 aliphatic heterocycles. The molecule has 2 nitrogen and oxygen atoms in total. The van der Waals surface area contributed by atoms with E-state index in [0.717, 1.165) is 36.1 Å². The van der Waals surface area contributed by atoms with Gasteiger partial charge in [0, 0.05) is 0 Å². The number of hydrogen-bond acceptors (Lipinski definition) is 2. The van der Waals surface area contributed by atoms with E-state index in [2.05, 4.69) is 38.5 Å². The molecule has 3 heteroatoms. The predicted octanol–water partition coefficient (Wildman–Crippen LogP) is 7.73. The highest BCUT2D eigenvalue weighted by molar-refractivity contribution is 5.39. The first-order valence-corrected chi connectivity index (χ1v) is 11.3. The normalized spacial score (nSPS) is 12.6. The fourth-order valence-corrected chi connectivity index (χ4v) is 4.06. The van der Waals surface area contributed by atoms with Crippen molar-refractivity contribution in [2.75, 3.05) is 6.61 Å². The third-order valence-electron chi connectivity index (χ3n) is 5.98. The summed E-state index contributed by atoms with van der Waals surface area (Å²) in [5, 5.41) is 0.